The predicted octanol–water partition coefficient (Wildman–Crippen LogP) is 1.47. The fourth-order valence-corrected chi connectivity index (χ4v) is 1.16. The Balaban J connectivity index is 3.78. The number of ether oxygens (including phenoxy) is 2. The minimum atomic E-state index is -0.893. The van der Waals surface area contributed by atoms with Crippen LogP contribution in [-0.2, 0) is 14.3 Å². The number of esters is 1. The van der Waals surface area contributed by atoms with Crippen molar-refractivity contribution in [2.24, 2.45) is 5.73 Å². The van der Waals surface area contributed by atoms with Gasteiger partial charge in [0.1, 0.15) is 5.54 Å². The predicted molar refractivity (Wildman–Crippen MR) is 59.5 cm³/mol. The Hall–Kier alpha value is -0.610. The summed E-state index contributed by atoms with van der Waals surface area (Å²) in [5.74, 6) is -0.338. The molecule has 0 heterocycles. The molecule has 0 aliphatic rings. The van der Waals surface area contributed by atoms with Crippen molar-refractivity contribution in [1.82, 2.24) is 0 Å². The van der Waals surface area contributed by atoms with Crippen molar-refractivity contribution < 1.29 is 14.3 Å². The van der Waals surface area contributed by atoms with Crippen molar-refractivity contribution in [3.8, 4) is 0 Å². The lowest BCUT2D eigenvalue weighted by molar-refractivity contribution is -0.149. The first kappa shape index (κ1) is 14.4. The summed E-state index contributed by atoms with van der Waals surface area (Å²) in [6.07, 6.45) is 1.57. The van der Waals surface area contributed by atoms with Gasteiger partial charge in [-0.05, 0) is 40.5 Å². The van der Waals surface area contributed by atoms with Crippen molar-refractivity contribution in [3.63, 3.8) is 0 Å². The molecule has 0 aromatic carbocycles. The molecule has 0 fully saturated rings. The first-order chi connectivity index (χ1) is 6.90. The van der Waals surface area contributed by atoms with Crippen LogP contribution in [0.2, 0.25) is 0 Å². The molecule has 2 N–H and O–H groups in total. The Morgan fingerprint density at radius 2 is 2.07 bits per heavy atom. The van der Waals surface area contributed by atoms with Gasteiger partial charge in [0, 0.05) is 6.61 Å². The highest BCUT2D eigenvalue weighted by Gasteiger charge is 2.29. The number of rotatable bonds is 7. The van der Waals surface area contributed by atoms with E-state index in [-0.39, 0.29) is 12.1 Å². The molecule has 4 heteroatoms. The van der Waals surface area contributed by atoms with Crippen LogP contribution in [-0.4, -0.2) is 30.8 Å². The van der Waals surface area contributed by atoms with Crippen LogP contribution in [0.1, 0.15) is 40.5 Å². The lowest BCUT2D eigenvalue weighted by Gasteiger charge is -2.22. The highest BCUT2D eigenvalue weighted by molar-refractivity contribution is 5.79. The van der Waals surface area contributed by atoms with Gasteiger partial charge in [-0.25, -0.2) is 0 Å². The second kappa shape index (κ2) is 6.80. The summed E-state index contributed by atoms with van der Waals surface area (Å²) in [7, 11) is 0. The van der Waals surface area contributed by atoms with Crippen LogP contribution in [0.4, 0.5) is 0 Å². The van der Waals surface area contributed by atoms with Gasteiger partial charge in [0.15, 0.2) is 0 Å². The molecule has 0 radical (unpaired) electrons. The Morgan fingerprint density at radius 3 is 2.53 bits per heavy atom. The van der Waals surface area contributed by atoms with E-state index in [1.807, 2.05) is 13.8 Å². The minimum Gasteiger partial charge on any atom is -0.465 e. The van der Waals surface area contributed by atoms with Crippen molar-refractivity contribution in [2.75, 3.05) is 13.2 Å². The third-order valence-electron chi connectivity index (χ3n) is 2.03. The van der Waals surface area contributed by atoms with E-state index in [0.29, 0.717) is 19.6 Å². The molecule has 1 unspecified atom stereocenters. The number of carbonyl (C=O) groups is 1. The van der Waals surface area contributed by atoms with Gasteiger partial charge in [-0.3, -0.25) is 4.79 Å². The number of nitrogens with two attached hydrogens (primary N) is 1. The normalized spacial score (nSPS) is 15.1. The highest BCUT2D eigenvalue weighted by Crippen LogP contribution is 2.11. The fraction of sp³-hybridized carbons (Fsp3) is 0.909. The van der Waals surface area contributed by atoms with Crippen LogP contribution in [0.5, 0.6) is 0 Å². The maximum atomic E-state index is 11.4. The molecule has 0 bridgehead atoms. The molecule has 0 rings (SSSR count). The van der Waals surface area contributed by atoms with Gasteiger partial charge in [-0.2, -0.15) is 0 Å². The second-order valence-electron chi connectivity index (χ2n) is 4.16. The van der Waals surface area contributed by atoms with Crippen LogP contribution in [0, 0.1) is 0 Å². The molecule has 15 heavy (non-hydrogen) atoms. The zero-order chi connectivity index (χ0) is 11.9. The van der Waals surface area contributed by atoms with E-state index in [0.717, 1.165) is 6.42 Å². The standard InChI is InChI=1S/C11H23NO3/c1-5-14-10(13)11(4,12)7-6-8-15-9(2)3/h9H,5-8,12H2,1-4H3. The molecular weight excluding hydrogens is 194 g/mol. The van der Waals surface area contributed by atoms with E-state index in [4.69, 9.17) is 15.2 Å². The molecule has 0 aliphatic carbocycles. The monoisotopic (exact) mass is 217 g/mol. The van der Waals surface area contributed by atoms with Gasteiger partial charge in [0.25, 0.3) is 0 Å². The summed E-state index contributed by atoms with van der Waals surface area (Å²) < 4.78 is 10.2. The molecule has 0 saturated carbocycles. The van der Waals surface area contributed by atoms with Crippen molar-refractivity contribution >= 4 is 5.97 Å². The lowest BCUT2D eigenvalue weighted by Crippen LogP contribution is -2.46. The third-order valence-corrected chi connectivity index (χ3v) is 2.03. The van der Waals surface area contributed by atoms with E-state index in [9.17, 15) is 4.79 Å². The first-order valence-electron chi connectivity index (χ1n) is 5.48. The SMILES string of the molecule is CCOC(=O)C(C)(N)CCCOC(C)C. The van der Waals surface area contributed by atoms with Crippen LogP contribution >= 0.6 is 0 Å². The average Bonchev–Trinajstić information content (AvgIpc) is 2.12. The summed E-state index contributed by atoms with van der Waals surface area (Å²) in [5.41, 5.74) is 4.94. The van der Waals surface area contributed by atoms with Crippen LogP contribution < -0.4 is 5.73 Å². The summed E-state index contributed by atoms with van der Waals surface area (Å²) in [4.78, 5) is 11.4. The number of hydrogen-bond donors (Lipinski definition) is 1. The van der Waals surface area contributed by atoms with Gasteiger partial charge in [0.05, 0.1) is 12.7 Å². The van der Waals surface area contributed by atoms with Crippen LogP contribution in [0.3, 0.4) is 0 Å². The van der Waals surface area contributed by atoms with Gasteiger partial charge in [-0.1, -0.05) is 0 Å². The van der Waals surface area contributed by atoms with Crippen LogP contribution in [0.15, 0.2) is 0 Å². The first-order valence-corrected chi connectivity index (χ1v) is 5.48. The summed E-state index contributed by atoms with van der Waals surface area (Å²) in [5, 5.41) is 0. The third kappa shape index (κ3) is 6.47. The topological polar surface area (TPSA) is 61.5 Å². The zero-order valence-electron chi connectivity index (χ0n) is 10.2. The van der Waals surface area contributed by atoms with E-state index in [1.54, 1.807) is 13.8 Å². The molecule has 0 aromatic rings. The molecule has 0 spiro atoms. The second-order valence-corrected chi connectivity index (χ2v) is 4.16. The Kier molecular flexibility index (Phi) is 6.52. The summed E-state index contributed by atoms with van der Waals surface area (Å²) in [6, 6.07) is 0. The molecule has 0 amide bonds. The number of carbonyl (C=O) groups excluding carboxylic acids is 1. The smallest absolute Gasteiger partial charge is 0.325 e. The zero-order valence-corrected chi connectivity index (χ0v) is 10.2. The van der Waals surface area contributed by atoms with Gasteiger partial charge >= 0.3 is 5.97 Å². The quantitative estimate of drug-likeness (QED) is 0.518. The summed E-state index contributed by atoms with van der Waals surface area (Å²) in [6.45, 7) is 8.42. The van der Waals surface area contributed by atoms with Crippen molar-refractivity contribution in [3.05, 3.63) is 0 Å². The van der Waals surface area contributed by atoms with Gasteiger partial charge in [0.2, 0.25) is 0 Å². The number of hydrogen-bond acceptors (Lipinski definition) is 4. The Labute approximate surface area is 92.1 Å². The van der Waals surface area contributed by atoms with Gasteiger partial charge < -0.3 is 15.2 Å². The van der Waals surface area contributed by atoms with Gasteiger partial charge in [-0.15, -0.1) is 0 Å². The largest absolute Gasteiger partial charge is 0.465 e. The molecule has 1 atom stereocenters. The molecule has 4 nitrogen and oxygen atoms in total. The fourth-order valence-electron chi connectivity index (χ4n) is 1.16. The highest BCUT2D eigenvalue weighted by atomic mass is 16.5. The molecule has 0 aromatic heterocycles. The molecule has 90 valence electrons. The maximum absolute atomic E-state index is 11.4. The van der Waals surface area contributed by atoms with Crippen molar-refractivity contribution in [2.45, 2.75) is 52.2 Å². The van der Waals surface area contributed by atoms with E-state index in [1.165, 1.54) is 0 Å². The maximum Gasteiger partial charge on any atom is 0.325 e. The Bertz CT molecular complexity index is 190. The average molecular weight is 217 g/mol. The van der Waals surface area contributed by atoms with E-state index < -0.39 is 5.54 Å². The molecular formula is C11H23NO3. The minimum absolute atomic E-state index is 0.219. The molecule has 0 saturated heterocycles. The van der Waals surface area contributed by atoms with Crippen LogP contribution in [0.25, 0.3) is 0 Å². The Morgan fingerprint density at radius 1 is 1.47 bits per heavy atom. The summed E-state index contributed by atoms with van der Waals surface area (Å²) >= 11 is 0. The van der Waals surface area contributed by atoms with E-state index >= 15 is 0 Å². The van der Waals surface area contributed by atoms with E-state index in [2.05, 4.69) is 0 Å². The lowest BCUT2D eigenvalue weighted by atomic mass is 9.98. The van der Waals surface area contributed by atoms with Crippen molar-refractivity contribution in [1.29, 1.82) is 0 Å². The molecule has 0 aliphatic heterocycles.